The van der Waals surface area contributed by atoms with Crippen molar-refractivity contribution in [1.82, 2.24) is 4.98 Å². The number of carboxylic acid groups (broad SMARTS) is 1. The number of pyridine rings is 1. The van der Waals surface area contributed by atoms with Gasteiger partial charge in [-0.1, -0.05) is 0 Å². The first kappa shape index (κ1) is 11.9. The normalized spacial score (nSPS) is 19.2. The molecule has 0 spiro atoms. The molecule has 0 bridgehead atoms. The molecule has 0 aromatic carbocycles. The fraction of sp³-hybridized carbons (Fsp3) is 0.500. The summed E-state index contributed by atoms with van der Waals surface area (Å²) in [6, 6.07) is 1.66. The molecular formula is C12H15NO4. The third kappa shape index (κ3) is 2.74. The summed E-state index contributed by atoms with van der Waals surface area (Å²) in [5.74, 6) is -0.842. The van der Waals surface area contributed by atoms with Crippen molar-refractivity contribution in [2.75, 3.05) is 13.2 Å². The molecule has 5 nitrogen and oxygen atoms in total. The van der Waals surface area contributed by atoms with Gasteiger partial charge in [0.15, 0.2) is 0 Å². The maximum Gasteiger partial charge on any atom is 0.341 e. The summed E-state index contributed by atoms with van der Waals surface area (Å²) in [6.07, 6.45) is 3.58. The fourth-order valence-electron chi connectivity index (χ4n) is 1.85. The summed E-state index contributed by atoms with van der Waals surface area (Å²) >= 11 is 0. The number of aromatic carboxylic acids is 1. The molecule has 1 aromatic heterocycles. The second-order valence-electron chi connectivity index (χ2n) is 4.06. The molecular weight excluding hydrogens is 222 g/mol. The van der Waals surface area contributed by atoms with Gasteiger partial charge in [0.1, 0.15) is 12.2 Å². The van der Waals surface area contributed by atoms with Gasteiger partial charge in [0.25, 0.3) is 0 Å². The number of hydrogen-bond donors (Lipinski definition) is 1. The zero-order chi connectivity index (χ0) is 12.3. The van der Waals surface area contributed by atoms with Crippen LogP contribution in [0.25, 0.3) is 0 Å². The van der Waals surface area contributed by atoms with Crippen molar-refractivity contribution >= 4 is 5.97 Å². The van der Waals surface area contributed by atoms with Crippen LogP contribution in [0.1, 0.15) is 28.8 Å². The third-order valence-electron chi connectivity index (χ3n) is 2.77. The highest BCUT2D eigenvalue weighted by atomic mass is 16.5. The number of aromatic nitrogens is 1. The predicted octanol–water partition coefficient (Wildman–Crippen LogP) is 1.65. The Bertz CT molecular complexity index is 413. The molecule has 17 heavy (non-hydrogen) atoms. The lowest BCUT2D eigenvalue weighted by Crippen LogP contribution is -2.18. The van der Waals surface area contributed by atoms with Gasteiger partial charge in [0.05, 0.1) is 6.10 Å². The Morgan fingerprint density at radius 2 is 2.53 bits per heavy atom. The summed E-state index contributed by atoms with van der Waals surface area (Å²) in [5, 5.41) is 9.09. The van der Waals surface area contributed by atoms with Crippen molar-refractivity contribution in [1.29, 1.82) is 0 Å². The van der Waals surface area contributed by atoms with Crippen LogP contribution in [0.15, 0.2) is 12.3 Å². The van der Waals surface area contributed by atoms with Gasteiger partial charge in [-0.05, 0) is 31.4 Å². The van der Waals surface area contributed by atoms with Crippen LogP contribution in [0, 0.1) is 6.92 Å². The van der Waals surface area contributed by atoms with Crippen molar-refractivity contribution in [2.45, 2.75) is 25.9 Å². The maximum absolute atomic E-state index is 11.1. The summed E-state index contributed by atoms with van der Waals surface area (Å²) in [7, 11) is 0. The molecule has 1 atom stereocenters. The summed E-state index contributed by atoms with van der Waals surface area (Å²) in [5.41, 5.74) is 0.778. The average molecular weight is 237 g/mol. The van der Waals surface area contributed by atoms with Gasteiger partial charge < -0.3 is 14.6 Å². The van der Waals surface area contributed by atoms with E-state index in [1.54, 1.807) is 19.2 Å². The largest absolute Gasteiger partial charge is 0.477 e. The SMILES string of the molecule is Cc1ccnc(OCC2CCCO2)c1C(=O)O. The lowest BCUT2D eigenvalue weighted by atomic mass is 10.1. The standard InChI is InChI=1S/C12H15NO4/c1-8-4-5-13-11(10(8)12(14)15)17-7-9-3-2-6-16-9/h4-5,9H,2-3,6-7H2,1H3,(H,14,15). The predicted molar refractivity (Wildman–Crippen MR) is 60.4 cm³/mol. The van der Waals surface area contributed by atoms with Crippen LogP contribution in [-0.4, -0.2) is 35.4 Å². The highest BCUT2D eigenvalue weighted by Gasteiger charge is 2.20. The van der Waals surface area contributed by atoms with Crippen molar-refractivity contribution in [2.24, 2.45) is 0 Å². The van der Waals surface area contributed by atoms with E-state index in [4.69, 9.17) is 14.6 Å². The molecule has 2 heterocycles. The Morgan fingerprint density at radius 1 is 1.71 bits per heavy atom. The van der Waals surface area contributed by atoms with Crippen molar-refractivity contribution in [3.63, 3.8) is 0 Å². The molecule has 1 N–H and O–H groups in total. The zero-order valence-corrected chi connectivity index (χ0v) is 9.68. The highest BCUT2D eigenvalue weighted by Crippen LogP contribution is 2.20. The number of ether oxygens (including phenoxy) is 2. The molecule has 1 saturated heterocycles. The van der Waals surface area contributed by atoms with Gasteiger partial charge in [-0.25, -0.2) is 9.78 Å². The molecule has 2 rings (SSSR count). The van der Waals surface area contributed by atoms with Crippen LogP contribution in [0.3, 0.4) is 0 Å². The van der Waals surface area contributed by atoms with Gasteiger partial charge >= 0.3 is 5.97 Å². The number of carbonyl (C=O) groups is 1. The van der Waals surface area contributed by atoms with Crippen LogP contribution < -0.4 is 4.74 Å². The van der Waals surface area contributed by atoms with Gasteiger partial charge in [-0.2, -0.15) is 0 Å². The van der Waals surface area contributed by atoms with Gasteiger partial charge in [-0.3, -0.25) is 0 Å². The molecule has 1 aliphatic rings. The first-order valence-electron chi connectivity index (χ1n) is 5.62. The minimum atomic E-state index is -1.02. The van der Waals surface area contributed by atoms with Gasteiger partial charge in [0, 0.05) is 12.8 Å². The monoisotopic (exact) mass is 237 g/mol. The molecule has 1 fully saturated rings. The molecule has 0 saturated carbocycles. The van der Waals surface area contributed by atoms with Gasteiger partial charge in [0.2, 0.25) is 5.88 Å². The van der Waals surface area contributed by atoms with E-state index in [0.717, 1.165) is 19.4 Å². The van der Waals surface area contributed by atoms with E-state index >= 15 is 0 Å². The second-order valence-corrected chi connectivity index (χ2v) is 4.06. The minimum Gasteiger partial charge on any atom is -0.477 e. The smallest absolute Gasteiger partial charge is 0.341 e. The summed E-state index contributed by atoms with van der Waals surface area (Å²) < 4.78 is 10.9. The third-order valence-corrected chi connectivity index (χ3v) is 2.77. The molecule has 92 valence electrons. The summed E-state index contributed by atoms with van der Waals surface area (Å²) in [4.78, 5) is 15.1. The van der Waals surface area contributed by atoms with E-state index in [2.05, 4.69) is 4.98 Å². The van der Waals surface area contributed by atoms with E-state index in [1.165, 1.54) is 0 Å². The Labute approximate surface area is 99.4 Å². The average Bonchev–Trinajstić information content (AvgIpc) is 2.78. The first-order valence-corrected chi connectivity index (χ1v) is 5.62. The van der Waals surface area contributed by atoms with Crippen LogP contribution in [0.2, 0.25) is 0 Å². The number of aryl methyl sites for hydroxylation is 1. The Kier molecular flexibility index (Phi) is 3.58. The fourth-order valence-corrected chi connectivity index (χ4v) is 1.85. The van der Waals surface area contributed by atoms with Gasteiger partial charge in [-0.15, -0.1) is 0 Å². The molecule has 1 aromatic rings. The van der Waals surface area contributed by atoms with Crippen LogP contribution in [0.5, 0.6) is 5.88 Å². The number of rotatable bonds is 4. The quantitative estimate of drug-likeness (QED) is 0.862. The first-order chi connectivity index (χ1) is 8.18. The molecule has 0 amide bonds. The molecule has 1 aliphatic heterocycles. The molecule has 0 aliphatic carbocycles. The van der Waals surface area contributed by atoms with Crippen LogP contribution in [0.4, 0.5) is 0 Å². The number of hydrogen-bond acceptors (Lipinski definition) is 4. The van der Waals surface area contributed by atoms with E-state index in [9.17, 15) is 4.79 Å². The zero-order valence-electron chi connectivity index (χ0n) is 9.68. The van der Waals surface area contributed by atoms with E-state index in [1.807, 2.05) is 0 Å². The number of carboxylic acids is 1. The van der Waals surface area contributed by atoms with Crippen molar-refractivity contribution in [3.8, 4) is 5.88 Å². The Hall–Kier alpha value is -1.62. The van der Waals surface area contributed by atoms with Crippen molar-refractivity contribution in [3.05, 3.63) is 23.4 Å². The topological polar surface area (TPSA) is 68.7 Å². The van der Waals surface area contributed by atoms with Crippen LogP contribution in [-0.2, 0) is 4.74 Å². The van der Waals surface area contributed by atoms with E-state index in [-0.39, 0.29) is 17.5 Å². The van der Waals surface area contributed by atoms with Crippen molar-refractivity contribution < 1.29 is 19.4 Å². The highest BCUT2D eigenvalue weighted by molar-refractivity contribution is 5.91. The van der Waals surface area contributed by atoms with E-state index in [0.29, 0.717) is 12.2 Å². The summed E-state index contributed by atoms with van der Waals surface area (Å²) in [6.45, 7) is 2.84. The molecule has 0 radical (unpaired) electrons. The maximum atomic E-state index is 11.1. The molecule has 1 unspecified atom stereocenters. The lowest BCUT2D eigenvalue weighted by molar-refractivity contribution is 0.0615. The second kappa shape index (κ2) is 5.14. The number of nitrogens with zero attached hydrogens (tertiary/aromatic N) is 1. The Balaban J connectivity index is 2.09. The molecule has 5 heteroatoms. The van der Waals surface area contributed by atoms with Crippen LogP contribution >= 0.6 is 0 Å². The minimum absolute atomic E-state index is 0.0546. The Morgan fingerprint density at radius 3 is 3.18 bits per heavy atom. The van der Waals surface area contributed by atoms with E-state index < -0.39 is 5.97 Å². The lowest BCUT2D eigenvalue weighted by Gasteiger charge is -2.13.